The fourth-order valence-corrected chi connectivity index (χ4v) is 4.04. The average Bonchev–Trinajstić information content (AvgIpc) is 2.69. The third-order valence-corrected chi connectivity index (χ3v) is 6.18. The smallest absolute Gasteiger partial charge is 0.206 e. The monoisotopic (exact) mass is 393 g/mol. The van der Waals surface area contributed by atoms with E-state index in [1.165, 1.54) is 24.3 Å². The highest BCUT2D eigenvalue weighted by Gasteiger charge is 2.17. The van der Waals surface area contributed by atoms with E-state index in [0.717, 1.165) is 11.3 Å². The van der Waals surface area contributed by atoms with E-state index in [2.05, 4.69) is 6.07 Å². The summed E-state index contributed by atoms with van der Waals surface area (Å²) in [6.07, 6.45) is 0. The zero-order valence-corrected chi connectivity index (χ0v) is 16.0. The van der Waals surface area contributed by atoms with E-state index in [9.17, 15) is 13.5 Å². The number of phenols is 1. The molecule has 0 saturated carbocycles. The molecule has 0 atom stereocenters. The Hall–Kier alpha value is -3.50. The van der Waals surface area contributed by atoms with Crippen molar-refractivity contribution in [3.8, 4) is 11.8 Å². The number of nitrogens with zero attached hydrogens (tertiary/aromatic N) is 2. The summed E-state index contributed by atoms with van der Waals surface area (Å²) >= 11 is 0. The van der Waals surface area contributed by atoms with E-state index in [-0.39, 0.29) is 15.5 Å². The van der Waals surface area contributed by atoms with Crippen LogP contribution >= 0.6 is 0 Å². The number of nitrogen functional groups attached to an aromatic ring is 1. The minimum Gasteiger partial charge on any atom is -0.508 e. The highest BCUT2D eigenvalue weighted by atomic mass is 32.2. The molecule has 0 spiro atoms. The first kappa shape index (κ1) is 19.3. The molecule has 0 unspecified atom stereocenters. The molecular formula is C21H19N3O3S. The first-order chi connectivity index (χ1) is 13.3. The van der Waals surface area contributed by atoms with Crippen LogP contribution in [-0.2, 0) is 16.4 Å². The van der Waals surface area contributed by atoms with Crippen molar-refractivity contribution in [2.24, 2.45) is 0 Å². The average molecular weight is 393 g/mol. The Kier molecular flexibility index (Phi) is 5.25. The van der Waals surface area contributed by atoms with Crippen LogP contribution in [0.15, 0.2) is 76.5 Å². The zero-order chi connectivity index (χ0) is 20.3. The Morgan fingerprint density at radius 3 is 2.14 bits per heavy atom. The minimum absolute atomic E-state index is 0.0135. The van der Waals surface area contributed by atoms with Crippen molar-refractivity contribution in [1.29, 1.82) is 5.26 Å². The van der Waals surface area contributed by atoms with Gasteiger partial charge in [-0.3, -0.25) is 0 Å². The molecule has 0 heterocycles. The van der Waals surface area contributed by atoms with E-state index in [0.29, 0.717) is 17.8 Å². The molecule has 0 amide bonds. The van der Waals surface area contributed by atoms with Crippen LogP contribution in [0, 0.1) is 11.3 Å². The molecule has 7 heteroatoms. The second kappa shape index (κ2) is 7.62. The van der Waals surface area contributed by atoms with Crippen LogP contribution < -0.4 is 10.6 Å². The maximum Gasteiger partial charge on any atom is 0.206 e. The van der Waals surface area contributed by atoms with E-state index in [1.807, 2.05) is 18.0 Å². The second-order valence-electron chi connectivity index (χ2n) is 6.38. The highest BCUT2D eigenvalue weighted by Crippen LogP contribution is 2.24. The summed E-state index contributed by atoms with van der Waals surface area (Å²) in [6, 6.07) is 19.4. The van der Waals surface area contributed by atoms with Gasteiger partial charge in [0, 0.05) is 25.0 Å². The summed E-state index contributed by atoms with van der Waals surface area (Å²) in [5.41, 5.74) is 8.36. The number of phenolic OH excluding ortho intramolecular Hbond substituents is 1. The number of nitrogens with two attached hydrogens (primary N) is 1. The standard InChI is InChI=1S/C21H19N3O3S/c1-24(17-4-11-21(23)16(12-17)13-22)14-15-2-7-19(8-3-15)28(26,27)20-9-5-18(25)6-10-20/h2-12,25H,14,23H2,1H3. The van der Waals surface area contributed by atoms with Crippen LogP contribution in [0.5, 0.6) is 5.75 Å². The van der Waals surface area contributed by atoms with Gasteiger partial charge in [0.05, 0.1) is 15.4 Å². The lowest BCUT2D eigenvalue weighted by Crippen LogP contribution is -2.16. The Bertz CT molecular complexity index is 1130. The molecule has 28 heavy (non-hydrogen) atoms. The molecule has 0 saturated heterocycles. The number of rotatable bonds is 5. The third kappa shape index (κ3) is 3.92. The molecule has 0 aliphatic carbocycles. The summed E-state index contributed by atoms with van der Waals surface area (Å²) in [5.74, 6) is 0.0135. The SMILES string of the molecule is CN(Cc1ccc(S(=O)(=O)c2ccc(O)cc2)cc1)c1ccc(N)c(C#N)c1. The lowest BCUT2D eigenvalue weighted by molar-refractivity contribution is 0.475. The number of sulfone groups is 1. The number of anilines is 2. The number of nitriles is 1. The van der Waals surface area contributed by atoms with Crippen molar-refractivity contribution in [1.82, 2.24) is 0 Å². The number of hydrogen-bond acceptors (Lipinski definition) is 6. The summed E-state index contributed by atoms with van der Waals surface area (Å²) in [5, 5.41) is 18.4. The molecular weight excluding hydrogens is 374 g/mol. The van der Waals surface area contributed by atoms with Gasteiger partial charge in [-0.1, -0.05) is 12.1 Å². The highest BCUT2D eigenvalue weighted by molar-refractivity contribution is 7.91. The van der Waals surface area contributed by atoms with Crippen molar-refractivity contribution in [2.75, 3.05) is 17.7 Å². The van der Waals surface area contributed by atoms with Gasteiger partial charge in [0.1, 0.15) is 11.8 Å². The first-order valence-electron chi connectivity index (χ1n) is 8.45. The van der Waals surface area contributed by atoms with Gasteiger partial charge >= 0.3 is 0 Å². The van der Waals surface area contributed by atoms with Crippen LogP contribution in [0.4, 0.5) is 11.4 Å². The molecule has 0 aliphatic heterocycles. The van der Waals surface area contributed by atoms with Gasteiger partial charge in [0.15, 0.2) is 0 Å². The van der Waals surface area contributed by atoms with Gasteiger partial charge < -0.3 is 15.7 Å². The maximum absolute atomic E-state index is 12.7. The number of hydrogen-bond donors (Lipinski definition) is 2. The van der Waals surface area contributed by atoms with Crippen molar-refractivity contribution >= 4 is 21.2 Å². The van der Waals surface area contributed by atoms with E-state index < -0.39 is 9.84 Å². The first-order valence-corrected chi connectivity index (χ1v) is 9.93. The molecule has 6 nitrogen and oxygen atoms in total. The largest absolute Gasteiger partial charge is 0.508 e. The van der Waals surface area contributed by atoms with Gasteiger partial charge in [0.25, 0.3) is 0 Å². The van der Waals surface area contributed by atoms with Crippen molar-refractivity contribution in [3.05, 3.63) is 77.9 Å². The van der Waals surface area contributed by atoms with E-state index in [1.54, 1.807) is 36.4 Å². The van der Waals surface area contributed by atoms with Crippen LogP contribution in [0.1, 0.15) is 11.1 Å². The normalized spacial score (nSPS) is 11.0. The lowest BCUT2D eigenvalue weighted by Gasteiger charge is -2.20. The molecule has 0 aliphatic rings. The third-order valence-electron chi connectivity index (χ3n) is 4.40. The predicted molar refractivity (Wildman–Crippen MR) is 108 cm³/mol. The van der Waals surface area contributed by atoms with Crippen LogP contribution in [0.2, 0.25) is 0 Å². The molecule has 3 N–H and O–H groups in total. The van der Waals surface area contributed by atoms with Gasteiger partial charge in [-0.15, -0.1) is 0 Å². The molecule has 3 rings (SSSR count). The van der Waals surface area contributed by atoms with Crippen LogP contribution in [-0.4, -0.2) is 20.6 Å². The fraction of sp³-hybridized carbons (Fsp3) is 0.0952. The molecule has 0 aromatic heterocycles. The van der Waals surface area contributed by atoms with Gasteiger partial charge in [-0.2, -0.15) is 5.26 Å². The summed E-state index contributed by atoms with van der Waals surface area (Å²) in [6.45, 7) is 0.536. The zero-order valence-electron chi connectivity index (χ0n) is 15.2. The molecule has 0 radical (unpaired) electrons. The quantitative estimate of drug-likeness (QED) is 0.644. The van der Waals surface area contributed by atoms with E-state index >= 15 is 0 Å². The number of benzene rings is 3. The predicted octanol–water partition coefficient (Wildman–Crippen LogP) is 3.32. The molecule has 0 bridgehead atoms. The van der Waals surface area contributed by atoms with Crippen molar-refractivity contribution in [2.45, 2.75) is 16.3 Å². The fourth-order valence-electron chi connectivity index (χ4n) is 2.78. The molecule has 3 aromatic rings. The minimum atomic E-state index is -3.64. The second-order valence-corrected chi connectivity index (χ2v) is 8.33. The van der Waals surface area contributed by atoms with Gasteiger partial charge in [0.2, 0.25) is 9.84 Å². The van der Waals surface area contributed by atoms with Crippen molar-refractivity contribution < 1.29 is 13.5 Å². The summed E-state index contributed by atoms with van der Waals surface area (Å²) < 4.78 is 25.3. The summed E-state index contributed by atoms with van der Waals surface area (Å²) in [4.78, 5) is 2.26. The van der Waals surface area contributed by atoms with Gasteiger partial charge in [-0.25, -0.2) is 8.42 Å². The lowest BCUT2D eigenvalue weighted by atomic mass is 10.1. The Balaban J connectivity index is 1.79. The van der Waals surface area contributed by atoms with Crippen molar-refractivity contribution in [3.63, 3.8) is 0 Å². The van der Waals surface area contributed by atoms with Crippen LogP contribution in [0.3, 0.4) is 0 Å². The number of aromatic hydroxyl groups is 1. The topological polar surface area (TPSA) is 107 Å². The Labute approximate surface area is 164 Å². The Morgan fingerprint density at radius 2 is 1.57 bits per heavy atom. The maximum atomic E-state index is 12.7. The van der Waals surface area contributed by atoms with Gasteiger partial charge in [-0.05, 0) is 60.2 Å². The summed E-state index contributed by atoms with van der Waals surface area (Å²) in [7, 11) is -1.76. The molecule has 3 aromatic carbocycles. The van der Waals surface area contributed by atoms with Crippen LogP contribution in [0.25, 0.3) is 0 Å². The van der Waals surface area contributed by atoms with E-state index in [4.69, 9.17) is 11.0 Å². The molecule has 142 valence electrons. The Morgan fingerprint density at radius 1 is 1.00 bits per heavy atom. The molecule has 0 fully saturated rings.